The summed E-state index contributed by atoms with van der Waals surface area (Å²) in [6.45, 7) is 3.95. The lowest BCUT2D eigenvalue weighted by atomic mass is 9.93. The van der Waals surface area contributed by atoms with Crippen molar-refractivity contribution < 1.29 is 4.79 Å². The summed E-state index contributed by atoms with van der Waals surface area (Å²) >= 11 is 1.63. The van der Waals surface area contributed by atoms with Crippen LogP contribution in [-0.4, -0.2) is 34.9 Å². The molecule has 0 saturated carbocycles. The van der Waals surface area contributed by atoms with Gasteiger partial charge in [0, 0.05) is 13.1 Å². The number of hydrogen-bond donors (Lipinski definition) is 2. The molecule has 0 spiro atoms. The molecule has 3 aliphatic heterocycles. The number of carbonyl (C=O) groups excluding carboxylic acids is 1. The summed E-state index contributed by atoms with van der Waals surface area (Å²) in [5.41, 5.74) is 6.51. The quantitative estimate of drug-likeness (QED) is 0.845. The van der Waals surface area contributed by atoms with Gasteiger partial charge in [-0.1, -0.05) is 48.5 Å². The van der Waals surface area contributed by atoms with Crippen LogP contribution >= 0.6 is 11.8 Å². The van der Waals surface area contributed by atoms with E-state index < -0.39 is 0 Å². The van der Waals surface area contributed by atoms with Gasteiger partial charge in [-0.25, -0.2) is 0 Å². The van der Waals surface area contributed by atoms with Crippen LogP contribution in [0.25, 0.3) is 5.57 Å². The summed E-state index contributed by atoms with van der Waals surface area (Å²) in [6.07, 6.45) is 0.895. The maximum Gasteiger partial charge on any atom is 0.237 e. The van der Waals surface area contributed by atoms with Gasteiger partial charge in [0.25, 0.3) is 0 Å². The van der Waals surface area contributed by atoms with Crippen LogP contribution < -0.4 is 10.6 Å². The maximum absolute atomic E-state index is 12.8. The first-order chi connectivity index (χ1) is 13.2. The van der Waals surface area contributed by atoms with E-state index in [2.05, 4.69) is 76.4 Å². The Morgan fingerprint density at radius 2 is 1.85 bits per heavy atom. The fraction of sp³-hybridized carbons (Fsp3) is 0.318. The highest BCUT2D eigenvalue weighted by atomic mass is 32.2. The van der Waals surface area contributed by atoms with Crippen molar-refractivity contribution in [2.24, 2.45) is 0 Å². The predicted molar refractivity (Wildman–Crippen MR) is 110 cm³/mol. The Bertz CT molecular complexity index is 925. The second-order valence-corrected chi connectivity index (χ2v) is 8.51. The number of nitrogens with one attached hydrogen (secondary N) is 2. The molecule has 0 aromatic heterocycles. The zero-order chi connectivity index (χ0) is 18.4. The highest BCUT2D eigenvalue weighted by Crippen LogP contribution is 2.39. The molecule has 1 fully saturated rings. The highest BCUT2D eigenvalue weighted by molar-refractivity contribution is 8.04. The molecule has 3 aliphatic rings. The van der Waals surface area contributed by atoms with E-state index in [4.69, 9.17) is 0 Å². The molecule has 3 heterocycles. The lowest BCUT2D eigenvalue weighted by Gasteiger charge is -2.42. The number of hydrogen-bond acceptors (Lipinski definition) is 4. The summed E-state index contributed by atoms with van der Waals surface area (Å²) in [5, 5.41) is 9.00. The molecule has 3 unspecified atom stereocenters. The molecule has 138 valence electrons. The molecule has 0 bridgehead atoms. The molecule has 5 rings (SSSR count). The van der Waals surface area contributed by atoms with Crippen LogP contribution in [0, 0.1) is 6.92 Å². The van der Waals surface area contributed by atoms with E-state index in [1.54, 1.807) is 11.8 Å². The fourth-order valence-corrected chi connectivity index (χ4v) is 5.48. The lowest BCUT2D eigenvalue weighted by Crippen LogP contribution is -2.68. The molecule has 0 radical (unpaired) electrons. The standard InChI is InChI=1S/C22H23N3OS/c1-14-6-2-5-9-17(14)18-13-27-20-19(18)23-22(24-21(20)26)25-11-10-15-7-3-4-8-16(15)12-25/h2-9,13,19-20,22-23H,10-12H2,1H3,(H,24,26). The number of thioether (sulfide) groups is 1. The summed E-state index contributed by atoms with van der Waals surface area (Å²) in [7, 11) is 0. The second kappa shape index (κ2) is 6.82. The average molecular weight is 378 g/mol. The zero-order valence-electron chi connectivity index (χ0n) is 15.3. The fourth-order valence-electron chi connectivity index (χ4n) is 4.34. The summed E-state index contributed by atoms with van der Waals surface area (Å²) in [4.78, 5) is 15.1. The van der Waals surface area contributed by atoms with Crippen LogP contribution in [0.2, 0.25) is 0 Å². The SMILES string of the molecule is Cc1ccccc1C1=CSC2C(=O)NC(N3CCc4ccccc4C3)NC12. The van der Waals surface area contributed by atoms with Gasteiger partial charge in [0.05, 0.1) is 6.04 Å². The van der Waals surface area contributed by atoms with E-state index in [1.807, 2.05) is 0 Å². The average Bonchev–Trinajstić information content (AvgIpc) is 3.12. The van der Waals surface area contributed by atoms with Crippen molar-refractivity contribution in [2.45, 2.75) is 37.5 Å². The Balaban J connectivity index is 1.39. The highest BCUT2D eigenvalue weighted by Gasteiger charge is 2.43. The smallest absolute Gasteiger partial charge is 0.237 e. The molecule has 2 aromatic carbocycles. The van der Waals surface area contributed by atoms with Crippen LogP contribution in [0.15, 0.2) is 53.9 Å². The number of nitrogens with zero attached hydrogens (tertiary/aromatic N) is 1. The zero-order valence-corrected chi connectivity index (χ0v) is 16.1. The monoisotopic (exact) mass is 377 g/mol. The minimum absolute atomic E-state index is 0.0482. The summed E-state index contributed by atoms with van der Waals surface area (Å²) in [6, 6.07) is 17.1. The van der Waals surface area contributed by atoms with Crippen molar-refractivity contribution in [3.63, 3.8) is 0 Å². The Kier molecular flexibility index (Phi) is 4.31. The molecule has 2 N–H and O–H groups in total. The number of aryl methyl sites for hydroxylation is 1. The first-order valence-electron chi connectivity index (χ1n) is 9.49. The van der Waals surface area contributed by atoms with Crippen molar-refractivity contribution in [1.82, 2.24) is 15.5 Å². The van der Waals surface area contributed by atoms with Gasteiger partial charge in [0.1, 0.15) is 11.5 Å². The van der Waals surface area contributed by atoms with Gasteiger partial charge >= 0.3 is 0 Å². The molecule has 2 aromatic rings. The molecular formula is C22H23N3OS. The van der Waals surface area contributed by atoms with Crippen LogP contribution in [0.1, 0.15) is 22.3 Å². The largest absolute Gasteiger partial charge is 0.327 e. The van der Waals surface area contributed by atoms with Crippen LogP contribution in [0.5, 0.6) is 0 Å². The molecular weight excluding hydrogens is 354 g/mol. The minimum Gasteiger partial charge on any atom is -0.327 e. The summed E-state index contributed by atoms with van der Waals surface area (Å²) in [5.74, 6) is 0.132. The molecule has 4 nitrogen and oxygen atoms in total. The number of carbonyl (C=O) groups is 1. The Labute approximate surface area is 164 Å². The molecule has 3 atom stereocenters. The Morgan fingerprint density at radius 3 is 2.70 bits per heavy atom. The Hall–Kier alpha value is -2.08. The molecule has 5 heteroatoms. The van der Waals surface area contributed by atoms with Crippen molar-refractivity contribution in [2.75, 3.05) is 6.54 Å². The third-order valence-electron chi connectivity index (χ3n) is 5.84. The number of amides is 1. The van der Waals surface area contributed by atoms with Crippen LogP contribution in [0.4, 0.5) is 0 Å². The van der Waals surface area contributed by atoms with E-state index in [9.17, 15) is 4.79 Å². The lowest BCUT2D eigenvalue weighted by molar-refractivity contribution is -0.125. The van der Waals surface area contributed by atoms with Gasteiger partial charge in [-0.05, 0) is 46.6 Å². The Morgan fingerprint density at radius 1 is 1.07 bits per heavy atom. The first kappa shape index (κ1) is 17.0. The number of rotatable bonds is 2. The molecule has 1 saturated heterocycles. The predicted octanol–water partition coefficient (Wildman–Crippen LogP) is 2.88. The van der Waals surface area contributed by atoms with E-state index in [-0.39, 0.29) is 23.5 Å². The maximum atomic E-state index is 12.8. The molecule has 27 heavy (non-hydrogen) atoms. The van der Waals surface area contributed by atoms with E-state index in [0.29, 0.717) is 0 Å². The third-order valence-corrected chi connectivity index (χ3v) is 7.01. The first-order valence-corrected chi connectivity index (χ1v) is 10.4. The topological polar surface area (TPSA) is 44.4 Å². The van der Waals surface area contributed by atoms with E-state index in [1.165, 1.54) is 27.8 Å². The van der Waals surface area contributed by atoms with Gasteiger partial charge < -0.3 is 5.32 Å². The second-order valence-electron chi connectivity index (χ2n) is 7.49. The number of benzene rings is 2. The van der Waals surface area contributed by atoms with Gasteiger partial charge in [0.2, 0.25) is 5.91 Å². The van der Waals surface area contributed by atoms with Gasteiger partial charge in [0.15, 0.2) is 0 Å². The minimum atomic E-state index is -0.127. The van der Waals surface area contributed by atoms with Crippen molar-refractivity contribution in [3.8, 4) is 0 Å². The van der Waals surface area contributed by atoms with Crippen LogP contribution in [0.3, 0.4) is 0 Å². The third kappa shape index (κ3) is 3.00. The van der Waals surface area contributed by atoms with E-state index in [0.717, 1.165) is 19.5 Å². The van der Waals surface area contributed by atoms with Crippen molar-refractivity contribution in [1.29, 1.82) is 0 Å². The van der Waals surface area contributed by atoms with Gasteiger partial charge in [-0.2, -0.15) is 0 Å². The molecule has 0 aliphatic carbocycles. The van der Waals surface area contributed by atoms with Crippen molar-refractivity contribution >= 4 is 23.2 Å². The van der Waals surface area contributed by atoms with E-state index >= 15 is 0 Å². The van der Waals surface area contributed by atoms with Gasteiger partial charge in [-0.3, -0.25) is 15.0 Å². The summed E-state index contributed by atoms with van der Waals surface area (Å²) < 4.78 is 0. The van der Waals surface area contributed by atoms with Crippen molar-refractivity contribution in [3.05, 3.63) is 76.2 Å². The number of fused-ring (bicyclic) bond motifs is 2. The van der Waals surface area contributed by atoms with Crippen LogP contribution in [-0.2, 0) is 17.8 Å². The molecule has 1 amide bonds. The normalized spacial score (nSPS) is 27.5. The van der Waals surface area contributed by atoms with Gasteiger partial charge in [-0.15, -0.1) is 11.8 Å².